The highest BCUT2D eigenvalue weighted by Crippen LogP contribution is 2.22. The first-order chi connectivity index (χ1) is 13.4. The largest absolute Gasteiger partial charge is 0.347 e. The van der Waals surface area contributed by atoms with Crippen molar-refractivity contribution in [3.8, 4) is 0 Å². The molecule has 0 saturated carbocycles. The summed E-state index contributed by atoms with van der Waals surface area (Å²) in [5, 5.41) is 5.51. The van der Waals surface area contributed by atoms with Crippen molar-refractivity contribution in [3.63, 3.8) is 0 Å². The number of carbonyl (C=O) groups is 2. The van der Waals surface area contributed by atoms with Crippen molar-refractivity contribution in [2.24, 2.45) is 0 Å². The fraction of sp³-hybridized carbons (Fsp3) is 0.333. The van der Waals surface area contributed by atoms with Gasteiger partial charge < -0.3 is 10.6 Å². The maximum absolute atomic E-state index is 12.7. The van der Waals surface area contributed by atoms with Gasteiger partial charge in [0, 0.05) is 5.54 Å². The van der Waals surface area contributed by atoms with Crippen LogP contribution in [-0.2, 0) is 14.8 Å². The molecule has 0 fully saturated rings. The van der Waals surface area contributed by atoms with E-state index in [-0.39, 0.29) is 5.91 Å². The molecule has 2 aromatic carbocycles. The maximum atomic E-state index is 12.7. The molecule has 0 heterocycles. The lowest BCUT2D eigenvalue weighted by Gasteiger charge is -2.24. The molecule has 2 rings (SSSR count). The van der Waals surface area contributed by atoms with Crippen molar-refractivity contribution < 1.29 is 18.0 Å². The van der Waals surface area contributed by atoms with Crippen molar-refractivity contribution in [3.05, 3.63) is 59.7 Å². The summed E-state index contributed by atoms with van der Waals surface area (Å²) in [7, 11) is -3.69. The first-order valence-electron chi connectivity index (χ1n) is 9.13. The van der Waals surface area contributed by atoms with Crippen LogP contribution in [0.1, 0.15) is 36.7 Å². The minimum atomic E-state index is -3.69. The van der Waals surface area contributed by atoms with Crippen LogP contribution in [0.25, 0.3) is 0 Å². The number of para-hydroxylation sites is 2. The number of benzene rings is 2. The van der Waals surface area contributed by atoms with E-state index in [2.05, 4.69) is 10.6 Å². The number of carbonyl (C=O) groups excluding carboxylic acids is 2. The van der Waals surface area contributed by atoms with Crippen molar-refractivity contribution in [1.82, 2.24) is 5.32 Å². The van der Waals surface area contributed by atoms with Crippen LogP contribution in [0.4, 0.5) is 11.4 Å². The van der Waals surface area contributed by atoms with Crippen LogP contribution in [0.2, 0.25) is 0 Å². The van der Waals surface area contributed by atoms with Gasteiger partial charge in [-0.25, -0.2) is 8.42 Å². The molecule has 2 amide bonds. The predicted octanol–water partition coefficient (Wildman–Crippen LogP) is 2.93. The number of nitrogens with one attached hydrogen (secondary N) is 2. The molecular formula is C21H27N3O4S. The Morgan fingerprint density at radius 1 is 1.00 bits per heavy atom. The second-order valence-corrected chi connectivity index (χ2v) is 9.76. The standard InChI is InChI=1S/C21H27N3O4S/c1-15-10-6-9-13-18(15)24(29(5,27)28)14-19(25)22-17-12-8-7-11-16(17)20(26)23-21(2,3)4/h6-13H,14H2,1-5H3,(H,22,25)(H,23,26). The number of aryl methyl sites for hydroxylation is 1. The molecule has 0 saturated heterocycles. The summed E-state index contributed by atoms with van der Waals surface area (Å²) in [6.45, 7) is 6.95. The van der Waals surface area contributed by atoms with Gasteiger partial charge in [0.15, 0.2) is 0 Å². The molecule has 0 atom stereocenters. The van der Waals surface area contributed by atoms with Gasteiger partial charge >= 0.3 is 0 Å². The van der Waals surface area contributed by atoms with E-state index in [9.17, 15) is 18.0 Å². The summed E-state index contributed by atoms with van der Waals surface area (Å²) >= 11 is 0. The fourth-order valence-corrected chi connectivity index (χ4v) is 3.66. The van der Waals surface area contributed by atoms with E-state index in [0.717, 1.165) is 16.1 Å². The second-order valence-electron chi connectivity index (χ2n) is 7.85. The predicted molar refractivity (Wildman–Crippen MR) is 116 cm³/mol. The number of nitrogens with zero attached hydrogens (tertiary/aromatic N) is 1. The van der Waals surface area contributed by atoms with Gasteiger partial charge in [0.05, 0.1) is 23.2 Å². The molecule has 0 aromatic heterocycles. The molecule has 0 unspecified atom stereocenters. The van der Waals surface area contributed by atoms with Gasteiger partial charge in [-0.2, -0.15) is 0 Å². The second kappa shape index (κ2) is 8.65. The fourth-order valence-electron chi connectivity index (χ4n) is 2.74. The van der Waals surface area contributed by atoms with E-state index in [1.165, 1.54) is 0 Å². The Hall–Kier alpha value is -2.87. The quantitative estimate of drug-likeness (QED) is 0.755. The van der Waals surface area contributed by atoms with Gasteiger partial charge in [0.1, 0.15) is 6.54 Å². The Kier molecular flexibility index (Phi) is 6.69. The van der Waals surface area contributed by atoms with Gasteiger partial charge in [-0.05, 0) is 51.5 Å². The summed E-state index contributed by atoms with van der Waals surface area (Å²) in [4.78, 5) is 25.2. The summed E-state index contributed by atoms with van der Waals surface area (Å²) in [5.41, 5.74) is 1.35. The smallest absolute Gasteiger partial charge is 0.253 e. The normalized spacial score (nSPS) is 11.6. The molecule has 8 heteroatoms. The number of hydrogen-bond acceptors (Lipinski definition) is 4. The first kappa shape index (κ1) is 22.4. The molecule has 0 aliphatic rings. The summed E-state index contributed by atoms with van der Waals surface area (Å²) < 4.78 is 25.6. The third-order valence-corrected chi connectivity index (χ3v) is 5.13. The van der Waals surface area contributed by atoms with Crippen LogP contribution in [0, 0.1) is 6.92 Å². The van der Waals surface area contributed by atoms with Crippen LogP contribution in [0.15, 0.2) is 48.5 Å². The Balaban J connectivity index is 2.26. The highest BCUT2D eigenvalue weighted by molar-refractivity contribution is 7.92. The zero-order chi connectivity index (χ0) is 21.8. The molecule has 7 nitrogen and oxygen atoms in total. The highest BCUT2D eigenvalue weighted by Gasteiger charge is 2.23. The summed E-state index contributed by atoms with van der Waals surface area (Å²) in [5.74, 6) is -0.873. The van der Waals surface area contributed by atoms with Crippen LogP contribution in [0.5, 0.6) is 0 Å². The number of sulfonamides is 1. The van der Waals surface area contributed by atoms with E-state index in [1.807, 2.05) is 20.8 Å². The number of anilines is 2. The number of amides is 2. The van der Waals surface area contributed by atoms with Crippen molar-refractivity contribution in [1.29, 1.82) is 0 Å². The SMILES string of the molecule is Cc1ccccc1N(CC(=O)Nc1ccccc1C(=O)NC(C)(C)C)S(C)(=O)=O. The average molecular weight is 418 g/mol. The first-order valence-corrected chi connectivity index (χ1v) is 11.0. The topological polar surface area (TPSA) is 95.6 Å². The zero-order valence-corrected chi connectivity index (χ0v) is 18.1. The lowest BCUT2D eigenvalue weighted by atomic mass is 10.1. The van der Waals surface area contributed by atoms with Crippen molar-refractivity contribution in [2.45, 2.75) is 33.2 Å². The summed E-state index contributed by atoms with van der Waals surface area (Å²) in [6, 6.07) is 13.5. The molecular weight excluding hydrogens is 390 g/mol. The van der Waals surface area contributed by atoms with E-state index >= 15 is 0 Å². The van der Waals surface area contributed by atoms with E-state index in [1.54, 1.807) is 55.5 Å². The molecule has 0 radical (unpaired) electrons. The lowest BCUT2D eigenvalue weighted by molar-refractivity contribution is -0.114. The Bertz CT molecular complexity index is 1010. The minimum absolute atomic E-state index is 0.303. The molecule has 2 N–H and O–H groups in total. The maximum Gasteiger partial charge on any atom is 0.253 e. The third kappa shape index (κ3) is 6.32. The van der Waals surface area contributed by atoms with Crippen LogP contribution in [-0.4, -0.2) is 38.6 Å². The van der Waals surface area contributed by atoms with Crippen molar-refractivity contribution in [2.75, 3.05) is 22.4 Å². The van der Waals surface area contributed by atoms with E-state index < -0.39 is 28.0 Å². The lowest BCUT2D eigenvalue weighted by Crippen LogP contribution is -2.41. The molecule has 0 bridgehead atoms. The molecule has 2 aromatic rings. The molecule has 0 aliphatic heterocycles. The van der Waals surface area contributed by atoms with E-state index in [4.69, 9.17) is 0 Å². The van der Waals surface area contributed by atoms with Gasteiger partial charge in [-0.3, -0.25) is 13.9 Å². The number of rotatable bonds is 6. The third-order valence-electron chi connectivity index (χ3n) is 4.01. The van der Waals surface area contributed by atoms with Crippen LogP contribution >= 0.6 is 0 Å². The van der Waals surface area contributed by atoms with Gasteiger partial charge in [0.25, 0.3) is 5.91 Å². The Morgan fingerprint density at radius 3 is 2.17 bits per heavy atom. The molecule has 0 spiro atoms. The minimum Gasteiger partial charge on any atom is -0.347 e. The highest BCUT2D eigenvalue weighted by atomic mass is 32.2. The van der Waals surface area contributed by atoms with Gasteiger partial charge in [-0.1, -0.05) is 30.3 Å². The monoisotopic (exact) mass is 417 g/mol. The van der Waals surface area contributed by atoms with Gasteiger partial charge in [-0.15, -0.1) is 0 Å². The Morgan fingerprint density at radius 2 is 1.59 bits per heavy atom. The summed E-state index contributed by atoms with van der Waals surface area (Å²) in [6.07, 6.45) is 1.05. The molecule has 29 heavy (non-hydrogen) atoms. The van der Waals surface area contributed by atoms with E-state index in [0.29, 0.717) is 16.9 Å². The Labute approximate surface area is 172 Å². The van der Waals surface area contributed by atoms with Gasteiger partial charge in [0.2, 0.25) is 15.9 Å². The van der Waals surface area contributed by atoms with Crippen molar-refractivity contribution >= 4 is 33.2 Å². The van der Waals surface area contributed by atoms with Crippen LogP contribution < -0.4 is 14.9 Å². The molecule has 156 valence electrons. The molecule has 0 aliphatic carbocycles. The van der Waals surface area contributed by atoms with Crippen LogP contribution in [0.3, 0.4) is 0 Å². The zero-order valence-electron chi connectivity index (χ0n) is 17.3. The number of hydrogen-bond donors (Lipinski definition) is 2. The average Bonchev–Trinajstić information content (AvgIpc) is 2.58.